The van der Waals surface area contributed by atoms with Crippen LogP contribution in [-0.4, -0.2) is 34.9 Å². The lowest BCUT2D eigenvalue weighted by Crippen LogP contribution is -2.54. The molecule has 3 rings (SSSR count). The maximum absolute atomic E-state index is 12.7. The van der Waals surface area contributed by atoms with Gasteiger partial charge in [-0.1, -0.05) is 44.2 Å². The van der Waals surface area contributed by atoms with E-state index in [1.54, 1.807) is 0 Å². The molecule has 0 spiro atoms. The van der Waals surface area contributed by atoms with Crippen molar-refractivity contribution in [2.24, 2.45) is 11.1 Å². The molecule has 1 aliphatic heterocycles. The number of carbonyl (C=O) groups is 1. The summed E-state index contributed by atoms with van der Waals surface area (Å²) in [5.41, 5.74) is 7.68. The Bertz CT molecular complexity index is 675. The quantitative estimate of drug-likeness (QED) is 0.850. The number of hydrogen-bond acceptors (Lipinski definition) is 4. The van der Waals surface area contributed by atoms with Gasteiger partial charge in [0.1, 0.15) is 10.7 Å². The second-order valence-corrected chi connectivity index (χ2v) is 7.37. The number of hydrogen-bond donors (Lipinski definition) is 1. The summed E-state index contributed by atoms with van der Waals surface area (Å²) in [5.74, 6) is 0.0124. The zero-order valence-electron chi connectivity index (χ0n) is 13.8. The highest BCUT2D eigenvalue weighted by Crippen LogP contribution is 2.29. The number of benzene rings is 1. The van der Waals surface area contributed by atoms with Gasteiger partial charge in [-0.25, -0.2) is 4.98 Å². The van der Waals surface area contributed by atoms with E-state index in [4.69, 9.17) is 5.73 Å². The first-order valence-corrected chi connectivity index (χ1v) is 8.41. The molecule has 1 unspecified atom stereocenters. The summed E-state index contributed by atoms with van der Waals surface area (Å²) in [6.07, 6.45) is 0.842. The molecule has 1 amide bonds. The standard InChI is InChI=1S/C17H21N3OS.2ClH/c1-17(2)11-20(9-8-14(17)18)16(21)13-10-22-15(19-13)12-6-4-3-5-7-12;;/h3-7,10,14H,8-9,11,18H2,1-2H3;2*1H. The maximum Gasteiger partial charge on any atom is 0.273 e. The minimum atomic E-state index is -0.0494. The second-order valence-electron chi connectivity index (χ2n) is 6.51. The molecule has 0 aliphatic carbocycles. The van der Waals surface area contributed by atoms with E-state index >= 15 is 0 Å². The molecule has 1 aromatic carbocycles. The molecule has 2 N–H and O–H groups in total. The van der Waals surface area contributed by atoms with E-state index in [1.165, 1.54) is 11.3 Å². The van der Waals surface area contributed by atoms with Gasteiger partial charge in [-0.3, -0.25) is 4.79 Å². The van der Waals surface area contributed by atoms with Gasteiger partial charge in [0.15, 0.2) is 0 Å². The predicted molar refractivity (Wildman–Crippen MR) is 104 cm³/mol. The zero-order chi connectivity index (χ0) is 15.7. The lowest BCUT2D eigenvalue weighted by atomic mass is 9.79. The van der Waals surface area contributed by atoms with Crippen LogP contribution in [0.5, 0.6) is 0 Å². The Labute approximate surface area is 159 Å². The number of rotatable bonds is 2. The van der Waals surface area contributed by atoms with Crippen molar-refractivity contribution in [2.45, 2.75) is 26.3 Å². The third-order valence-corrected chi connectivity index (χ3v) is 5.23. The summed E-state index contributed by atoms with van der Waals surface area (Å²) < 4.78 is 0. The summed E-state index contributed by atoms with van der Waals surface area (Å²) in [6.45, 7) is 5.63. The Balaban J connectivity index is 0.00000144. The lowest BCUT2D eigenvalue weighted by molar-refractivity contribution is 0.0528. The van der Waals surface area contributed by atoms with Gasteiger partial charge < -0.3 is 10.6 Å². The first kappa shape index (κ1) is 20.9. The summed E-state index contributed by atoms with van der Waals surface area (Å²) in [7, 11) is 0. The van der Waals surface area contributed by atoms with Crippen molar-refractivity contribution in [1.82, 2.24) is 9.88 Å². The van der Waals surface area contributed by atoms with Gasteiger partial charge in [-0.05, 0) is 11.8 Å². The van der Waals surface area contributed by atoms with Gasteiger partial charge in [0.2, 0.25) is 0 Å². The predicted octanol–water partition coefficient (Wildman–Crippen LogP) is 3.85. The second kappa shape index (κ2) is 8.30. The van der Waals surface area contributed by atoms with Crippen LogP contribution in [0.2, 0.25) is 0 Å². The highest BCUT2D eigenvalue weighted by Gasteiger charge is 2.36. The number of carbonyl (C=O) groups excluding carboxylic acids is 1. The van der Waals surface area contributed by atoms with Crippen molar-refractivity contribution in [1.29, 1.82) is 0 Å². The summed E-state index contributed by atoms with van der Waals surface area (Å²) in [4.78, 5) is 19.1. The zero-order valence-corrected chi connectivity index (χ0v) is 16.2. The first-order chi connectivity index (χ1) is 10.5. The fraction of sp³-hybridized carbons (Fsp3) is 0.412. The van der Waals surface area contributed by atoms with Crippen molar-refractivity contribution in [3.05, 3.63) is 41.4 Å². The van der Waals surface area contributed by atoms with E-state index in [2.05, 4.69) is 18.8 Å². The van der Waals surface area contributed by atoms with Crippen molar-refractivity contribution in [3.8, 4) is 10.6 Å². The van der Waals surface area contributed by atoms with Crippen LogP contribution in [0.3, 0.4) is 0 Å². The third-order valence-electron chi connectivity index (χ3n) is 4.34. The molecular formula is C17H23Cl2N3OS. The summed E-state index contributed by atoms with van der Waals surface area (Å²) in [5, 5.41) is 2.74. The van der Waals surface area contributed by atoms with Crippen molar-refractivity contribution in [3.63, 3.8) is 0 Å². The molecular weight excluding hydrogens is 365 g/mol. The summed E-state index contributed by atoms with van der Waals surface area (Å²) >= 11 is 1.51. The van der Waals surface area contributed by atoms with Crippen LogP contribution in [0, 0.1) is 5.41 Å². The lowest BCUT2D eigenvalue weighted by Gasteiger charge is -2.42. The molecule has 1 fully saturated rings. The Hall–Kier alpha value is -1.14. The average Bonchev–Trinajstić information content (AvgIpc) is 3.00. The van der Waals surface area contributed by atoms with Crippen LogP contribution in [0.1, 0.15) is 30.8 Å². The monoisotopic (exact) mass is 387 g/mol. The molecule has 2 heterocycles. The molecule has 0 saturated carbocycles. The number of aromatic nitrogens is 1. The number of halogens is 2. The number of thiazole rings is 1. The highest BCUT2D eigenvalue weighted by molar-refractivity contribution is 7.13. The van der Waals surface area contributed by atoms with Gasteiger partial charge in [-0.2, -0.15) is 0 Å². The summed E-state index contributed by atoms with van der Waals surface area (Å²) in [6, 6.07) is 10.1. The van der Waals surface area contributed by atoms with Crippen LogP contribution < -0.4 is 5.73 Å². The minimum absolute atomic E-state index is 0. The third kappa shape index (κ3) is 4.28. The van der Waals surface area contributed by atoms with E-state index < -0.39 is 0 Å². The molecule has 1 saturated heterocycles. The first-order valence-electron chi connectivity index (χ1n) is 7.53. The Morgan fingerprint density at radius 2 is 1.96 bits per heavy atom. The van der Waals surface area contributed by atoms with Crippen molar-refractivity contribution >= 4 is 42.1 Å². The Kier molecular flexibility index (Phi) is 7.23. The van der Waals surface area contributed by atoms with Gasteiger partial charge in [0, 0.05) is 30.1 Å². The molecule has 24 heavy (non-hydrogen) atoms. The average molecular weight is 388 g/mol. The fourth-order valence-electron chi connectivity index (χ4n) is 2.79. The van der Waals surface area contributed by atoms with E-state index in [0.717, 1.165) is 17.0 Å². The number of amides is 1. The Morgan fingerprint density at radius 3 is 2.58 bits per heavy atom. The SMILES string of the molecule is CC1(C)CN(C(=O)c2csc(-c3ccccc3)n2)CCC1N.Cl.Cl. The number of likely N-dealkylation sites (tertiary alicyclic amines) is 1. The van der Waals surface area contributed by atoms with E-state index in [0.29, 0.717) is 18.8 Å². The molecule has 132 valence electrons. The van der Waals surface area contributed by atoms with E-state index in [1.807, 2.05) is 40.6 Å². The van der Waals surface area contributed by atoms with E-state index in [-0.39, 0.29) is 42.2 Å². The number of nitrogens with zero attached hydrogens (tertiary/aromatic N) is 2. The molecule has 1 aromatic heterocycles. The normalized spacial score (nSPS) is 19.1. The van der Waals surface area contributed by atoms with Crippen LogP contribution in [0.15, 0.2) is 35.7 Å². The molecule has 2 aromatic rings. The van der Waals surface area contributed by atoms with Gasteiger partial charge in [0.05, 0.1) is 0 Å². The van der Waals surface area contributed by atoms with Crippen LogP contribution in [-0.2, 0) is 0 Å². The fourth-order valence-corrected chi connectivity index (χ4v) is 3.59. The van der Waals surface area contributed by atoms with Crippen LogP contribution >= 0.6 is 36.2 Å². The van der Waals surface area contributed by atoms with Gasteiger partial charge >= 0.3 is 0 Å². The van der Waals surface area contributed by atoms with Crippen LogP contribution in [0.25, 0.3) is 10.6 Å². The van der Waals surface area contributed by atoms with Crippen LogP contribution in [0.4, 0.5) is 0 Å². The minimum Gasteiger partial charge on any atom is -0.337 e. The largest absolute Gasteiger partial charge is 0.337 e. The number of piperidine rings is 1. The molecule has 7 heteroatoms. The number of nitrogens with two attached hydrogens (primary N) is 1. The van der Waals surface area contributed by atoms with Gasteiger partial charge in [0.25, 0.3) is 5.91 Å². The van der Waals surface area contributed by atoms with Crippen molar-refractivity contribution < 1.29 is 4.79 Å². The topological polar surface area (TPSA) is 59.2 Å². The molecule has 4 nitrogen and oxygen atoms in total. The molecule has 0 radical (unpaired) electrons. The molecule has 1 aliphatic rings. The molecule has 0 bridgehead atoms. The highest BCUT2D eigenvalue weighted by atomic mass is 35.5. The van der Waals surface area contributed by atoms with Gasteiger partial charge in [-0.15, -0.1) is 36.2 Å². The Morgan fingerprint density at radius 1 is 1.29 bits per heavy atom. The molecule has 1 atom stereocenters. The van der Waals surface area contributed by atoms with E-state index in [9.17, 15) is 4.79 Å². The smallest absolute Gasteiger partial charge is 0.273 e. The van der Waals surface area contributed by atoms with Crippen molar-refractivity contribution in [2.75, 3.05) is 13.1 Å². The maximum atomic E-state index is 12.7.